The van der Waals surface area contributed by atoms with Crippen LogP contribution in [0.2, 0.25) is 0 Å². The third-order valence-corrected chi connectivity index (χ3v) is 1.01. The van der Waals surface area contributed by atoms with Gasteiger partial charge in [-0.1, -0.05) is 0 Å². The first-order valence-corrected chi connectivity index (χ1v) is 4.82. The molecule has 0 heterocycles. The number of Topliss-reactive ketones (excluding diaryl/α,β-unsaturated/α-hetero) is 1. The van der Waals surface area contributed by atoms with Gasteiger partial charge in [0.1, 0.15) is 5.78 Å². The van der Waals surface area contributed by atoms with Gasteiger partial charge < -0.3 is 23.6 Å². The smallest absolute Gasteiger partial charge is 0.368 e. The number of carbonyl (C=O) groups excluding carboxylic acids is 1. The fraction of sp³-hybridized carbons (Fsp3) is 0.800. The van der Waals surface area contributed by atoms with Crippen molar-refractivity contribution in [1.29, 1.82) is 0 Å². The molecule has 0 saturated carbocycles. The molecule has 0 aromatic heterocycles. The Morgan fingerprint density at radius 2 is 1.64 bits per heavy atom. The molecule has 3 N–H and O–H groups in total. The van der Waals surface area contributed by atoms with Gasteiger partial charge in [0.05, 0.1) is 0 Å². The van der Waals surface area contributed by atoms with Gasteiger partial charge in [-0.3, -0.25) is 0 Å². The lowest BCUT2D eigenvalue weighted by molar-refractivity contribution is -0.115. The monoisotopic (exact) mass is 182 g/mol. The van der Waals surface area contributed by atoms with E-state index in [4.69, 9.17) is 14.4 Å². The van der Waals surface area contributed by atoms with Crippen LogP contribution < -0.4 is 0 Å². The summed E-state index contributed by atoms with van der Waals surface area (Å²) in [5.74, 6) is 0.167. The molecule has 0 bridgehead atoms. The average molecular weight is 182 g/mol. The van der Waals surface area contributed by atoms with Gasteiger partial charge in [0.15, 0.2) is 0 Å². The van der Waals surface area contributed by atoms with E-state index >= 15 is 0 Å². The standard InChI is InChI=1S/C3H6O.C2H8O4Si/c1-3(2)4;1-2-6-7(3,4)5/h1-2H3;3-5H,2H2,1H3. The summed E-state index contributed by atoms with van der Waals surface area (Å²) in [5.41, 5.74) is 0. The van der Waals surface area contributed by atoms with E-state index < -0.39 is 9.05 Å². The minimum Gasteiger partial charge on any atom is -0.368 e. The van der Waals surface area contributed by atoms with Crippen molar-refractivity contribution in [2.24, 2.45) is 0 Å². The Hall–Kier alpha value is -0.273. The van der Waals surface area contributed by atoms with Crippen molar-refractivity contribution < 1.29 is 23.6 Å². The molecule has 6 heteroatoms. The maximum Gasteiger partial charge on any atom is 0.671 e. The molecule has 0 rings (SSSR count). The second-order valence-electron chi connectivity index (χ2n) is 1.92. The van der Waals surface area contributed by atoms with Gasteiger partial charge in [-0.05, 0) is 20.8 Å². The predicted octanol–water partition coefficient (Wildman–Crippen LogP) is -0.969. The average Bonchev–Trinajstić information content (AvgIpc) is 1.58. The third-order valence-electron chi connectivity index (χ3n) is 0.338. The molecule has 5 nitrogen and oxygen atoms in total. The molecule has 0 saturated heterocycles. The van der Waals surface area contributed by atoms with Crippen LogP contribution >= 0.6 is 0 Å². The van der Waals surface area contributed by atoms with E-state index in [1.165, 1.54) is 13.8 Å². The maximum atomic E-state index is 9.44. The molecule has 0 aliphatic heterocycles. The highest BCUT2D eigenvalue weighted by atomic mass is 28.4. The molecule has 0 aromatic rings. The fourth-order valence-electron chi connectivity index (χ4n) is 0.194. The molecule has 0 aliphatic rings. The number of carbonyl (C=O) groups is 1. The van der Waals surface area contributed by atoms with E-state index in [0.29, 0.717) is 0 Å². The first-order valence-electron chi connectivity index (χ1n) is 3.07. The second-order valence-corrected chi connectivity index (χ2v) is 3.35. The summed E-state index contributed by atoms with van der Waals surface area (Å²) in [5, 5.41) is 0. The third kappa shape index (κ3) is 41.8. The Bertz CT molecular complexity index is 104. The topological polar surface area (TPSA) is 87.0 Å². The minimum atomic E-state index is -4.16. The van der Waals surface area contributed by atoms with Crippen LogP contribution in [0.15, 0.2) is 0 Å². The first-order chi connectivity index (χ1) is 4.79. The molecule has 0 spiro atoms. The summed E-state index contributed by atoms with van der Waals surface area (Å²) in [4.78, 5) is 33.6. The SMILES string of the molecule is CC(C)=O.CCO[Si](O)(O)O. The molecule has 0 unspecified atom stereocenters. The highest BCUT2D eigenvalue weighted by Crippen LogP contribution is 1.85. The highest BCUT2D eigenvalue weighted by molar-refractivity contribution is 6.48. The van der Waals surface area contributed by atoms with Crippen LogP contribution in [0.4, 0.5) is 0 Å². The molecule has 0 amide bonds. The number of hydrogen-bond acceptors (Lipinski definition) is 5. The predicted molar refractivity (Wildman–Crippen MR) is 40.4 cm³/mol. The van der Waals surface area contributed by atoms with Gasteiger partial charge in [-0.2, -0.15) is 0 Å². The Balaban J connectivity index is 0. The van der Waals surface area contributed by atoms with Gasteiger partial charge in [0, 0.05) is 6.61 Å². The van der Waals surface area contributed by atoms with Crippen molar-refractivity contribution in [1.82, 2.24) is 0 Å². The summed E-state index contributed by atoms with van der Waals surface area (Å²) in [6, 6.07) is 0. The van der Waals surface area contributed by atoms with Crippen LogP contribution in [0.5, 0.6) is 0 Å². The van der Waals surface area contributed by atoms with Crippen molar-refractivity contribution in [3.05, 3.63) is 0 Å². The molecular weight excluding hydrogens is 168 g/mol. The molecule has 11 heavy (non-hydrogen) atoms. The minimum absolute atomic E-state index is 0.121. The fourth-order valence-corrected chi connectivity index (χ4v) is 0.581. The lowest BCUT2D eigenvalue weighted by Crippen LogP contribution is -2.38. The molecular formula is C5H14O5Si. The normalized spacial score (nSPS) is 10.0. The first kappa shape index (κ1) is 13.3. The quantitative estimate of drug-likeness (QED) is 0.478. The molecule has 0 atom stereocenters. The van der Waals surface area contributed by atoms with Crippen molar-refractivity contribution in [3.63, 3.8) is 0 Å². The van der Waals surface area contributed by atoms with Gasteiger partial charge in [-0.25, -0.2) is 0 Å². The largest absolute Gasteiger partial charge is 0.671 e. The van der Waals surface area contributed by atoms with Gasteiger partial charge >= 0.3 is 9.05 Å². The van der Waals surface area contributed by atoms with Crippen LogP contribution in [-0.4, -0.2) is 35.8 Å². The van der Waals surface area contributed by atoms with Crippen LogP contribution in [0.3, 0.4) is 0 Å². The maximum absolute atomic E-state index is 9.44. The molecule has 0 aromatic carbocycles. The van der Waals surface area contributed by atoms with Gasteiger partial charge in [-0.15, -0.1) is 0 Å². The van der Waals surface area contributed by atoms with Crippen molar-refractivity contribution >= 4 is 14.8 Å². The molecule has 0 aliphatic carbocycles. The Labute approximate surface area is 66.7 Å². The van der Waals surface area contributed by atoms with E-state index in [0.717, 1.165) is 0 Å². The lowest BCUT2D eigenvalue weighted by atomic mass is 10.6. The zero-order valence-electron chi connectivity index (χ0n) is 6.87. The Morgan fingerprint density at radius 1 is 1.36 bits per heavy atom. The molecule has 68 valence electrons. The molecule has 0 radical (unpaired) electrons. The zero-order valence-corrected chi connectivity index (χ0v) is 7.87. The summed E-state index contributed by atoms with van der Waals surface area (Å²) in [7, 11) is -4.16. The second kappa shape index (κ2) is 6.44. The van der Waals surface area contributed by atoms with Crippen LogP contribution in [0.1, 0.15) is 20.8 Å². The van der Waals surface area contributed by atoms with Gasteiger partial charge in [0.25, 0.3) is 0 Å². The van der Waals surface area contributed by atoms with Gasteiger partial charge in [0.2, 0.25) is 0 Å². The summed E-state index contributed by atoms with van der Waals surface area (Å²) < 4.78 is 4.03. The summed E-state index contributed by atoms with van der Waals surface area (Å²) in [6.07, 6.45) is 0. The highest BCUT2D eigenvalue weighted by Gasteiger charge is 2.28. The lowest BCUT2D eigenvalue weighted by Gasteiger charge is -2.05. The van der Waals surface area contributed by atoms with Crippen molar-refractivity contribution in [2.75, 3.05) is 6.61 Å². The van der Waals surface area contributed by atoms with Crippen molar-refractivity contribution in [3.8, 4) is 0 Å². The van der Waals surface area contributed by atoms with Crippen LogP contribution in [0, 0.1) is 0 Å². The van der Waals surface area contributed by atoms with Crippen LogP contribution in [-0.2, 0) is 9.22 Å². The van der Waals surface area contributed by atoms with E-state index in [1.807, 2.05) is 0 Å². The zero-order chi connectivity index (χ0) is 9.49. The Kier molecular flexibility index (Phi) is 7.80. The van der Waals surface area contributed by atoms with E-state index in [2.05, 4.69) is 4.43 Å². The number of rotatable bonds is 2. The van der Waals surface area contributed by atoms with E-state index in [9.17, 15) is 4.79 Å². The van der Waals surface area contributed by atoms with E-state index in [-0.39, 0.29) is 12.4 Å². The Morgan fingerprint density at radius 3 is 1.64 bits per heavy atom. The molecule has 0 fully saturated rings. The van der Waals surface area contributed by atoms with Crippen LogP contribution in [0.25, 0.3) is 0 Å². The van der Waals surface area contributed by atoms with Crippen molar-refractivity contribution in [2.45, 2.75) is 20.8 Å². The number of ketones is 1. The van der Waals surface area contributed by atoms with E-state index in [1.54, 1.807) is 6.92 Å². The summed E-state index contributed by atoms with van der Waals surface area (Å²) in [6.45, 7) is 4.74. The number of hydrogen-bond donors (Lipinski definition) is 3. The summed E-state index contributed by atoms with van der Waals surface area (Å²) >= 11 is 0.